The molecule has 2 fully saturated rings. The Bertz CT molecular complexity index is 607. The molecule has 0 aromatic carbocycles. The Hall–Kier alpha value is -1.29. The van der Waals surface area contributed by atoms with E-state index in [1.54, 1.807) is 0 Å². The first-order valence-electron chi connectivity index (χ1n) is 11.2. The van der Waals surface area contributed by atoms with E-state index in [2.05, 4.69) is 41.6 Å². The molecule has 0 atom stereocenters. The molecular weight excluding hydrogens is 334 g/mol. The maximum atomic E-state index is 12.7. The highest BCUT2D eigenvalue weighted by Crippen LogP contribution is 2.32. The lowest BCUT2D eigenvalue weighted by atomic mass is 9.95. The van der Waals surface area contributed by atoms with Crippen molar-refractivity contribution in [2.24, 2.45) is 5.92 Å². The predicted octanol–water partition coefficient (Wildman–Crippen LogP) is 4.85. The van der Waals surface area contributed by atoms with Gasteiger partial charge < -0.3 is 14.8 Å². The van der Waals surface area contributed by atoms with Crippen LogP contribution in [0.4, 0.5) is 0 Å². The van der Waals surface area contributed by atoms with E-state index in [1.165, 1.54) is 76.7 Å². The Kier molecular flexibility index (Phi) is 7.40. The third kappa shape index (κ3) is 5.37. The molecule has 0 bridgehead atoms. The molecule has 27 heavy (non-hydrogen) atoms. The van der Waals surface area contributed by atoms with Crippen molar-refractivity contribution in [1.82, 2.24) is 14.8 Å². The molecule has 1 aromatic rings. The lowest BCUT2D eigenvalue weighted by Crippen LogP contribution is -2.34. The second-order valence-electron chi connectivity index (χ2n) is 8.93. The average molecular weight is 374 g/mol. The lowest BCUT2D eigenvalue weighted by Gasteiger charge is -2.30. The first-order valence-corrected chi connectivity index (χ1v) is 11.2. The van der Waals surface area contributed by atoms with Gasteiger partial charge in [0.25, 0.3) is 5.91 Å². The molecule has 4 nitrogen and oxygen atoms in total. The average Bonchev–Trinajstić information content (AvgIpc) is 2.98. The summed E-state index contributed by atoms with van der Waals surface area (Å²) in [5.74, 6) is 1.00. The van der Waals surface area contributed by atoms with E-state index in [0.29, 0.717) is 6.04 Å². The standard InChI is InChI=1S/C23H39N3O/c1-18-11-15-25(16-12-18)14-8-7-13-24-23(27)22-17-19(2)26(20(22)3)21-9-5-4-6-10-21/h17-18,21H,4-16H2,1-3H3,(H,24,27). The van der Waals surface area contributed by atoms with Crippen LogP contribution in [0.1, 0.15) is 92.5 Å². The Morgan fingerprint density at radius 1 is 1.07 bits per heavy atom. The summed E-state index contributed by atoms with van der Waals surface area (Å²) in [5.41, 5.74) is 3.27. The minimum Gasteiger partial charge on any atom is -0.352 e. The molecule has 1 aromatic heterocycles. The summed E-state index contributed by atoms with van der Waals surface area (Å²) >= 11 is 0. The van der Waals surface area contributed by atoms with Crippen LogP contribution in [0.3, 0.4) is 0 Å². The van der Waals surface area contributed by atoms with E-state index < -0.39 is 0 Å². The second kappa shape index (κ2) is 9.77. The number of likely N-dealkylation sites (tertiary alicyclic amines) is 1. The van der Waals surface area contributed by atoms with Crippen molar-refractivity contribution < 1.29 is 4.79 Å². The summed E-state index contributed by atoms with van der Waals surface area (Å²) < 4.78 is 2.42. The number of piperidine rings is 1. The number of carbonyl (C=O) groups excluding carboxylic acids is 1. The second-order valence-corrected chi connectivity index (χ2v) is 8.93. The van der Waals surface area contributed by atoms with Crippen molar-refractivity contribution in [2.75, 3.05) is 26.2 Å². The Balaban J connectivity index is 1.43. The van der Waals surface area contributed by atoms with Gasteiger partial charge >= 0.3 is 0 Å². The molecule has 0 unspecified atom stereocenters. The molecule has 1 aliphatic heterocycles. The van der Waals surface area contributed by atoms with Crippen LogP contribution in [-0.4, -0.2) is 41.6 Å². The zero-order valence-electron chi connectivity index (χ0n) is 17.7. The van der Waals surface area contributed by atoms with Crippen molar-refractivity contribution >= 4 is 5.91 Å². The third-order valence-electron chi connectivity index (χ3n) is 6.73. The van der Waals surface area contributed by atoms with Gasteiger partial charge in [-0.2, -0.15) is 0 Å². The van der Waals surface area contributed by atoms with Crippen LogP contribution in [0.5, 0.6) is 0 Å². The fourth-order valence-electron chi connectivity index (χ4n) is 4.95. The summed E-state index contributed by atoms with van der Waals surface area (Å²) in [6.07, 6.45) is 11.4. The molecule has 1 amide bonds. The highest BCUT2D eigenvalue weighted by atomic mass is 16.1. The third-order valence-corrected chi connectivity index (χ3v) is 6.73. The molecular formula is C23H39N3O. The molecule has 0 radical (unpaired) electrons. The van der Waals surface area contributed by atoms with Gasteiger partial charge in [-0.05, 0) is 84.0 Å². The zero-order chi connectivity index (χ0) is 19.2. The van der Waals surface area contributed by atoms with Gasteiger partial charge in [-0.3, -0.25) is 4.79 Å². The fraction of sp³-hybridized carbons (Fsp3) is 0.783. The fourth-order valence-corrected chi connectivity index (χ4v) is 4.95. The van der Waals surface area contributed by atoms with Crippen LogP contribution in [0.15, 0.2) is 6.07 Å². The van der Waals surface area contributed by atoms with Crippen LogP contribution in [0, 0.1) is 19.8 Å². The van der Waals surface area contributed by atoms with Crippen LogP contribution < -0.4 is 5.32 Å². The Labute approximate surface area is 165 Å². The van der Waals surface area contributed by atoms with E-state index in [0.717, 1.165) is 30.1 Å². The van der Waals surface area contributed by atoms with Crippen molar-refractivity contribution in [3.63, 3.8) is 0 Å². The quantitative estimate of drug-likeness (QED) is 0.694. The van der Waals surface area contributed by atoms with Gasteiger partial charge in [-0.15, -0.1) is 0 Å². The maximum Gasteiger partial charge on any atom is 0.253 e. The van der Waals surface area contributed by atoms with Crippen LogP contribution in [0.2, 0.25) is 0 Å². The van der Waals surface area contributed by atoms with Gasteiger partial charge in [0.1, 0.15) is 0 Å². The van der Waals surface area contributed by atoms with Crippen LogP contribution in [-0.2, 0) is 0 Å². The van der Waals surface area contributed by atoms with E-state index in [1.807, 2.05) is 0 Å². The summed E-state index contributed by atoms with van der Waals surface area (Å²) in [4.78, 5) is 15.3. The van der Waals surface area contributed by atoms with Crippen molar-refractivity contribution in [1.29, 1.82) is 0 Å². The topological polar surface area (TPSA) is 37.3 Å². The van der Waals surface area contributed by atoms with E-state index in [9.17, 15) is 4.79 Å². The normalized spacial score (nSPS) is 20.1. The number of amides is 1. The molecule has 0 spiro atoms. The van der Waals surface area contributed by atoms with Crippen molar-refractivity contribution in [3.8, 4) is 0 Å². The monoisotopic (exact) mass is 373 g/mol. The molecule has 4 heteroatoms. The lowest BCUT2D eigenvalue weighted by molar-refractivity contribution is 0.0951. The van der Waals surface area contributed by atoms with Gasteiger partial charge in [0, 0.05) is 24.0 Å². The number of aromatic nitrogens is 1. The summed E-state index contributed by atoms with van der Waals surface area (Å²) in [7, 11) is 0. The number of aryl methyl sites for hydroxylation is 1. The van der Waals surface area contributed by atoms with Gasteiger partial charge in [0.2, 0.25) is 0 Å². The number of hydrogen-bond donors (Lipinski definition) is 1. The molecule has 3 rings (SSSR count). The number of hydrogen-bond acceptors (Lipinski definition) is 2. The first-order chi connectivity index (χ1) is 13.1. The van der Waals surface area contributed by atoms with E-state index >= 15 is 0 Å². The molecule has 2 heterocycles. The predicted molar refractivity (Wildman–Crippen MR) is 112 cm³/mol. The minimum atomic E-state index is 0.108. The van der Waals surface area contributed by atoms with E-state index in [4.69, 9.17) is 0 Å². The molecule has 1 saturated heterocycles. The highest BCUT2D eigenvalue weighted by molar-refractivity contribution is 5.95. The Morgan fingerprint density at radius 3 is 2.48 bits per heavy atom. The van der Waals surface area contributed by atoms with Crippen molar-refractivity contribution in [3.05, 3.63) is 23.0 Å². The SMILES string of the molecule is Cc1cc(C(=O)NCCCCN2CCC(C)CC2)c(C)n1C1CCCCC1. The summed E-state index contributed by atoms with van der Waals surface area (Å²) in [5, 5.41) is 3.16. The number of nitrogens with one attached hydrogen (secondary N) is 1. The molecule has 1 aliphatic carbocycles. The van der Waals surface area contributed by atoms with Gasteiger partial charge in [-0.25, -0.2) is 0 Å². The number of rotatable bonds is 7. The minimum absolute atomic E-state index is 0.108. The van der Waals surface area contributed by atoms with Crippen LogP contribution >= 0.6 is 0 Å². The van der Waals surface area contributed by atoms with Gasteiger partial charge in [-0.1, -0.05) is 26.2 Å². The largest absolute Gasteiger partial charge is 0.352 e. The number of unbranched alkanes of at least 4 members (excludes halogenated alkanes) is 1. The van der Waals surface area contributed by atoms with Gasteiger partial charge in [0.15, 0.2) is 0 Å². The zero-order valence-corrected chi connectivity index (χ0v) is 17.7. The van der Waals surface area contributed by atoms with E-state index in [-0.39, 0.29) is 5.91 Å². The number of nitrogens with zero attached hydrogens (tertiary/aromatic N) is 2. The molecule has 1 N–H and O–H groups in total. The number of carbonyl (C=O) groups is 1. The van der Waals surface area contributed by atoms with Crippen LogP contribution in [0.25, 0.3) is 0 Å². The summed E-state index contributed by atoms with van der Waals surface area (Å²) in [6.45, 7) is 11.1. The summed E-state index contributed by atoms with van der Waals surface area (Å²) in [6, 6.07) is 2.68. The molecule has 152 valence electrons. The first kappa shape index (κ1) is 20.4. The molecule has 2 aliphatic rings. The maximum absolute atomic E-state index is 12.7. The molecule has 1 saturated carbocycles. The van der Waals surface area contributed by atoms with Crippen molar-refractivity contribution in [2.45, 2.75) is 84.6 Å². The highest BCUT2D eigenvalue weighted by Gasteiger charge is 2.22. The smallest absolute Gasteiger partial charge is 0.253 e. The Morgan fingerprint density at radius 2 is 1.78 bits per heavy atom. The van der Waals surface area contributed by atoms with Gasteiger partial charge in [0.05, 0.1) is 5.56 Å².